The third-order valence-electron chi connectivity index (χ3n) is 4.30. The Labute approximate surface area is 114 Å². The van der Waals surface area contributed by atoms with Gasteiger partial charge in [0, 0.05) is 12.6 Å². The van der Waals surface area contributed by atoms with Crippen molar-refractivity contribution in [1.29, 1.82) is 0 Å². The lowest BCUT2D eigenvalue weighted by molar-refractivity contribution is -0.0329. The molecule has 3 rings (SSSR count). The fraction of sp³-hybridized carbons (Fsp3) is 0.412. The van der Waals surface area contributed by atoms with E-state index in [9.17, 15) is 5.11 Å². The van der Waals surface area contributed by atoms with Gasteiger partial charge in [0.2, 0.25) is 0 Å². The summed E-state index contributed by atoms with van der Waals surface area (Å²) in [5, 5.41) is 16.1. The first-order valence-electron chi connectivity index (χ1n) is 7.11. The Kier molecular flexibility index (Phi) is 3.29. The molecule has 1 atom stereocenters. The zero-order chi connectivity index (χ0) is 13.3. The summed E-state index contributed by atoms with van der Waals surface area (Å²) in [5.41, 5.74) is 0.826. The van der Waals surface area contributed by atoms with Crippen LogP contribution in [0.2, 0.25) is 0 Å². The highest BCUT2D eigenvalue weighted by atomic mass is 16.3. The van der Waals surface area contributed by atoms with Crippen molar-refractivity contribution in [2.45, 2.75) is 37.8 Å². The summed E-state index contributed by atoms with van der Waals surface area (Å²) in [6.45, 7) is 2.85. The van der Waals surface area contributed by atoms with E-state index in [4.69, 9.17) is 0 Å². The van der Waals surface area contributed by atoms with Gasteiger partial charge in [0.05, 0.1) is 5.60 Å². The van der Waals surface area contributed by atoms with Gasteiger partial charge in [0.25, 0.3) is 0 Å². The molecule has 2 N–H and O–H groups in total. The van der Waals surface area contributed by atoms with E-state index in [2.05, 4.69) is 54.7 Å². The zero-order valence-electron chi connectivity index (χ0n) is 11.4. The first-order valence-corrected chi connectivity index (χ1v) is 7.11. The van der Waals surface area contributed by atoms with Gasteiger partial charge in [-0.3, -0.25) is 0 Å². The minimum absolute atomic E-state index is 0.272. The van der Waals surface area contributed by atoms with Crippen LogP contribution in [0.1, 0.15) is 37.8 Å². The molecule has 2 aromatic rings. The second-order valence-corrected chi connectivity index (χ2v) is 5.79. The predicted molar refractivity (Wildman–Crippen MR) is 79.2 cm³/mol. The lowest BCUT2D eigenvalue weighted by atomic mass is 9.80. The Morgan fingerprint density at radius 2 is 1.89 bits per heavy atom. The van der Waals surface area contributed by atoms with Crippen molar-refractivity contribution in [3.05, 3.63) is 48.0 Å². The first kappa shape index (κ1) is 12.6. The van der Waals surface area contributed by atoms with Gasteiger partial charge in [-0.15, -0.1) is 0 Å². The third kappa shape index (κ3) is 2.65. The van der Waals surface area contributed by atoms with Crippen molar-refractivity contribution < 1.29 is 5.11 Å². The van der Waals surface area contributed by atoms with Crippen molar-refractivity contribution in [3.63, 3.8) is 0 Å². The SMILES string of the molecule is CC(NCC1(O)CCC1)c1ccc2ccccc2c1. The van der Waals surface area contributed by atoms with Gasteiger partial charge in [-0.1, -0.05) is 36.4 Å². The highest BCUT2D eigenvalue weighted by Gasteiger charge is 2.34. The molecular formula is C17H21NO. The summed E-state index contributed by atoms with van der Waals surface area (Å²) in [6, 6.07) is 15.3. The van der Waals surface area contributed by atoms with Gasteiger partial charge in [0.15, 0.2) is 0 Å². The highest BCUT2D eigenvalue weighted by molar-refractivity contribution is 5.83. The molecule has 0 bridgehead atoms. The summed E-state index contributed by atoms with van der Waals surface area (Å²) < 4.78 is 0. The quantitative estimate of drug-likeness (QED) is 0.877. The summed E-state index contributed by atoms with van der Waals surface area (Å²) in [4.78, 5) is 0. The van der Waals surface area contributed by atoms with Crippen molar-refractivity contribution >= 4 is 10.8 Å². The summed E-state index contributed by atoms with van der Waals surface area (Å²) in [6.07, 6.45) is 3.03. The smallest absolute Gasteiger partial charge is 0.0771 e. The Hall–Kier alpha value is -1.38. The van der Waals surface area contributed by atoms with E-state index in [0.717, 1.165) is 19.3 Å². The molecule has 0 aliphatic heterocycles. The van der Waals surface area contributed by atoms with Crippen molar-refractivity contribution in [2.75, 3.05) is 6.54 Å². The maximum absolute atomic E-state index is 10.1. The molecule has 1 fully saturated rings. The van der Waals surface area contributed by atoms with Crippen LogP contribution in [0.3, 0.4) is 0 Å². The van der Waals surface area contributed by atoms with E-state index in [-0.39, 0.29) is 6.04 Å². The van der Waals surface area contributed by atoms with Crippen LogP contribution in [0.25, 0.3) is 10.8 Å². The van der Waals surface area contributed by atoms with Crippen LogP contribution in [-0.4, -0.2) is 17.3 Å². The molecule has 100 valence electrons. The second-order valence-electron chi connectivity index (χ2n) is 5.79. The average molecular weight is 255 g/mol. The number of nitrogens with one attached hydrogen (secondary N) is 1. The molecule has 0 aromatic heterocycles. The van der Waals surface area contributed by atoms with E-state index < -0.39 is 5.60 Å². The molecule has 19 heavy (non-hydrogen) atoms. The molecule has 2 nitrogen and oxygen atoms in total. The third-order valence-corrected chi connectivity index (χ3v) is 4.30. The minimum Gasteiger partial charge on any atom is -0.389 e. The van der Waals surface area contributed by atoms with Crippen molar-refractivity contribution in [2.24, 2.45) is 0 Å². The molecule has 0 saturated heterocycles. The van der Waals surface area contributed by atoms with Gasteiger partial charge in [0.1, 0.15) is 0 Å². The van der Waals surface area contributed by atoms with Crippen molar-refractivity contribution in [1.82, 2.24) is 5.32 Å². The molecule has 1 saturated carbocycles. The lowest BCUT2D eigenvalue weighted by Gasteiger charge is -2.37. The molecule has 2 heteroatoms. The van der Waals surface area contributed by atoms with Crippen LogP contribution in [0.5, 0.6) is 0 Å². The molecule has 0 spiro atoms. The summed E-state index contributed by atoms with van der Waals surface area (Å²) in [5.74, 6) is 0. The number of hydrogen-bond acceptors (Lipinski definition) is 2. The van der Waals surface area contributed by atoms with Gasteiger partial charge in [-0.2, -0.15) is 0 Å². The number of hydrogen-bond donors (Lipinski definition) is 2. The first-order chi connectivity index (χ1) is 9.16. The number of aliphatic hydroxyl groups is 1. The Bertz CT molecular complexity index is 574. The monoisotopic (exact) mass is 255 g/mol. The van der Waals surface area contributed by atoms with Crippen molar-refractivity contribution in [3.8, 4) is 0 Å². The van der Waals surface area contributed by atoms with Crippen LogP contribution in [-0.2, 0) is 0 Å². The van der Waals surface area contributed by atoms with Crippen LogP contribution in [0, 0.1) is 0 Å². The standard InChI is InChI=1S/C17H21NO/c1-13(18-12-17(19)9-4-10-17)15-8-7-14-5-2-3-6-16(14)11-15/h2-3,5-8,11,13,18-19H,4,9-10,12H2,1H3. The summed E-state index contributed by atoms with van der Waals surface area (Å²) in [7, 11) is 0. The topological polar surface area (TPSA) is 32.3 Å². The fourth-order valence-corrected chi connectivity index (χ4v) is 2.70. The second kappa shape index (κ2) is 4.95. The van der Waals surface area contributed by atoms with Gasteiger partial charge in [-0.05, 0) is 48.6 Å². The van der Waals surface area contributed by atoms with Gasteiger partial charge < -0.3 is 10.4 Å². The van der Waals surface area contributed by atoms with Crippen LogP contribution >= 0.6 is 0 Å². The van der Waals surface area contributed by atoms with E-state index in [1.54, 1.807) is 0 Å². The lowest BCUT2D eigenvalue weighted by Crippen LogP contribution is -2.46. The maximum atomic E-state index is 10.1. The molecule has 1 aliphatic rings. The molecule has 2 aromatic carbocycles. The largest absolute Gasteiger partial charge is 0.389 e. The fourth-order valence-electron chi connectivity index (χ4n) is 2.70. The van der Waals surface area contributed by atoms with Crippen LogP contribution < -0.4 is 5.32 Å². The zero-order valence-corrected chi connectivity index (χ0v) is 11.4. The minimum atomic E-state index is -0.453. The van der Waals surface area contributed by atoms with Crippen LogP contribution in [0.4, 0.5) is 0 Å². The van der Waals surface area contributed by atoms with Gasteiger partial charge >= 0.3 is 0 Å². The Balaban J connectivity index is 1.72. The molecule has 0 amide bonds. The average Bonchev–Trinajstić information content (AvgIpc) is 2.42. The Morgan fingerprint density at radius 3 is 2.58 bits per heavy atom. The van der Waals surface area contributed by atoms with E-state index in [1.807, 2.05) is 0 Å². The number of fused-ring (bicyclic) bond motifs is 1. The summed E-state index contributed by atoms with van der Waals surface area (Å²) >= 11 is 0. The molecule has 0 heterocycles. The molecule has 0 radical (unpaired) electrons. The normalized spacial score (nSPS) is 19.1. The predicted octanol–water partition coefficient (Wildman–Crippen LogP) is 3.41. The van der Waals surface area contributed by atoms with E-state index in [1.165, 1.54) is 16.3 Å². The highest BCUT2D eigenvalue weighted by Crippen LogP contribution is 2.31. The van der Waals surface area contributed by atoms with E-state index in [0.29, 0.717) is 6.54 Å². The number of rotatable bonds is 4. The Morgan fingerprint density at radius 1 is 1.16 bits per heavy atom. The van der Waals surface area contributed by atoms with Gasteiger partial charge in [-0.25, -0.2) is 0 Å². The maximum Gasteiger partial charge on any atom is 0.0771 e. The van der Waals surface area contributed by atoms with E-state index >= 15 is 0 Å². The van der Waals surface area contributed by atoms with Crippen LogP contribution in [0.15, 0.2) is 42.5 Å². The molecule has 1 aliphatic carbocycles. The number of benzene rings is 2. The molecule has 1 unspecified atom stereocenters. The molecular weight excluding hydrogens is 234 g/mol.